The minimum Gasteiger partial charge on any atom is -0.444 e. The lowest BCUT2D eigenvalue weighted by molar-refractivity contribution is -0.128. The Labute approximate surface area is 134 Å². The van der Waals surface area contributed by atoms with Crippen LogP contribution in [-0.4, -0.2) is 32.6 Å². The zero-order chi connectivity index (χ0) is 17.3. The molecule has 0 aliphatic heterocycles. The second kappa shape index (κ2) is 6.19. The van der Waals surface area contributed by atoms with Gasteiger partial charge in [-0.2, -0.15) is 18.3 Å². The number of thiazole rings is 1. The first-order valence-electron chi connectivity index (χ1n) is 6.59. The Hall–Kier alpha value is -2.10. The number of hydrogen-bond acceptors (Lipinski definition) is 5. The molecule has 6 nitrogen and oxygen atoms in total. The number of anilines is 1. The molecule has 0 spiro atoms. The van der Waals surface area contributed by atoms with Crippen LogP contribution in [0.4, 0.5) is 23.7 Å². The summed E-state index contributed by atoms with van der Waals surface area (Å²) in [5.41, 5.74) is -1.04. The molecule has 0 saturated carbocycles. The van der Waals surface area contributed by atoms with Crippen LogP contribution in [0.2, 0.25) is 0 Å². The topological polar surface area (TPSA) is 69.0 Å². The molecule has 1 N–H and O–H groups in total. The van der Waals surface area contributed by atoms with Gasteiger partial charge in [-0.25, -0.2) is 14.5 Å². The highest BCUT2D eigenvalue weighted by Gasteiger charge is 2.33. The molecule has 0 atom stereocenters. The lowest BCUT2D eigenvalue weighted by Gasteiger charge is -2.19. The van der Waals surface area contributed by atoms with Gasteiger partial charge in [0.25, 0.3) is 0 Å². The average Bonchev–Trinajstić information content (AvgIpc) is 2.95. The van der Waals surface area contributed by atoms with Crippen LogP contribution in [0.1, 0.15) is 26.5 Å². The first-order chi connectivity index (χ1) is 10.6. The number of nitrogens with zero attached hydrogens (tertiary/aromatic N) is 3. The van der Waals surface area contributed by atoms with Gasteiger partial charge in [0.1, 0.15) is 5.60 Å². The van der Waals surface area contributed by atoms with Gasteiger partial charge in [-0.3, -0.25) is 5.32 Å². The van der Waals surface area contributed by atoms with Crippen LogP contribution in [0.3, 0.4) is 0 Å². The summed E-state index contributed by atoms with van der Waals surface area (Å²) in [4.78, 5) is 15.7. The summed E-state index contributed by atoms with van der Waals surface area (Å²) in [5, 5.41) is 8.09. The minimum absolute atomic E-state index is 0.0632. The number of aromatic nitrogens is 3. The van der Waals surface area contributed by atoms with E-state index >= 15 is 0 Å². The lowest BCUT2D eigenvalue weighted by Crippen LogP contribution is -2.27. The van der Waals surface area contributed by atoms with Crippen molar-refractivity contribution < 1.29 is 22.7 Å². The van der Waals surface area contributed by atoms with E-state index in [9.17, 15) is 18.0 Å². The van der Waals surface area contributed by atoms with Crippen LogP contribution in [0.15, 0.2) is 17.8 Å². The molecule has 0 aliphatic carbocycles. The van der Waals surface area contributed by atoms with E-state index in [1.807, 2.05) is 0 Å². The fourth-order valence-electron chi connectivity index (χ4n) is 1.74. The number of halogens is 3. The van der Waals surface area contributed by atoms with Crippen LogP contribution in [0.5, 0.6) is 0 Å². The Kier molecular flexibility index (Phi) is 4.64. The Bertz CT molecular complexity index is 674. The second-order valence-electron chi connectivity index (χ2n) is 5.65. The predicted molar refractivity (Wildman–Crippen MR) is 78.9 cm³/mol. The van der Waals surface area contributed by atoms with Crippen molar-refractivity contribution in [3.63, 3.8) is 0 Å². The summed E-state index contributed by atoms with van der Waals surface area (Å²) in [6.07, 6.45) is -3.96. The summed E-state index contributed by atoms with van der Waals surface area (Å²) < 4.78 is 44.6. The van der Waals surface area contributed by atoms with Crippen LogP contribution in [-0.2, 0) is 11.2 Å². The molecule has 126 valence electrons. The van der Waals surface area contributed by atoms with Gasteiger partial charge in [0.2, 0.25) is 5.13 Å². The van der Waals surface area contributed by atoms with Crippen molar-refractivity contribution in [3.05, 3.63) is 23.5 Å². The van der Waals surface area contributed by atoms with Gasteiger partial charge >= 0.3 is 12.3 Å². The highest BCUT2D eigenvalue weighted by Crippen LogP contribution is 2.29. The molecular formula is C13H15F3N4O2S. The van der Waals surface area contributed by atoms with Crippen molar-refractivity contribution in [3.8, 4) is 5.13 Å². The summed E-state index contributed by atoms with van der Waals surface area (Å²) >= 11 is 1.14. The van der Waals surface area contributed by atoms with Crippen molar-refractivity contribution in [2.45, 2.75) is 39.0 Å². The third-order valence-corrected chi connectivity index (χ3v) is 3.22. The maximum absolute atomic E-state index is 12.8. The summed E-state index contributed by atoms with van der Waals surface area (Å²) in [6.45, 7) is 4.96. The number of ether oxygens (including phenoxy) is 1. The molecule has 1 amide bonds. The quantitative estimate of drug-likeness (QED) is 0.916. The molecule has 23 heavy (non-hydrogen) atoms. The molecule has 2 aromatic rings. The van der Waals surface area contributed by atoms with Crippen LogP contribution >= 0.6 is 11.3 Å². The van der Waals surface area contributed by atoms with Gasteiger partial charge in [-0.1, -0.05) is 0 Å². The van der Waals surface area contributed by atoms with Crippen LogP contribution in [0, 0.1) is 0 Å². The molecule has 0 fully saturated rings. The van der Waals surface area contributed by atoms with Gasteiger partial charge in [0, 0.05) is 11.6 Å². The maximum atomic E-state index is 12.8. The van der Waals surface area contributed by atoms with Crippen molar-refractivity contribution >= 4 is 23.1 Å². The second-order valence-corrected chi connectivity index (χ2v) is 6.52. The Morgan fingerprint density at radius 1 is 1.39 bits per heavy atom. The van der Waals surface area contributed by atoms with Crippen molar-refractivity contribution in [1.82, 2.24) is 14.8 Å². The Morgan fingerprint density at radius 3 is 2.61 bits per heavy atom. The molecule has 0 saturated heterocycles. The van der Waals surface area contributed by atoms with E-state index in [2.05, 4.69) is 15.4 Å². The van der Waals surface area contributed by atoms with Gasteiger partial charge in [-0.05, 0) is 20.8 Å². The fourth-order valence-corrected chi connectivity index (χ4v) is 2.36. The van der Waals surface area contributed by atoms with Gasteiger partial charge in [0.15, 0.2) is 0 Å². The fraction of sp³-hybridized carbons (Fsp3) is 0.462. The molecule has 0 radical (unpaired) electrons. The SMILES string of the molecule is CC(C)(C)OC(=O)Nc1cnn(-c2nccs2)c1CC(F)(F)F. The predicted octanol–water partition coefficient (Wildman–Crippen LogP) is 3.78. The summed E-state index contributed by atoms with van der Waals surface area (Å²) in [5.74, 6) is 0. The molecule has 0 unspecified atom stereocenters. The van der Waals surface area contributed by atoms with Crippen molar-refractivity contribution in [1.29, 1.82) is 0 Å². The van der Waals surface area contributed by atoms with E-state index in [4.69, 9.17) is 4.74 Å². The van der Waals surface area contributed by atoms with E-state index < -0.39 is 24.3 Å². The van der Waals surface area contributed by atoms with Crippen molar-refractivity contribution in [2.75, 3.05) is 5.32 Å². The number of hydrogen-bond donors (Lipinski definition) is 1. The zero-order valence-electron chi connectivity index (χ0n) is 12.6. The third-order valence-electron chi connectivity index (χ3n) is 2.47. The summed E-state index contributed by atoms with van der Waals surface area (Å²) in [6, 6.07) is 0. The monoisotopic (exact) mass is 348 g/mol. The van der Waals surface area contributed by atoms with Gasteiger partial charge in [-0.15, -0.1) is 11.3 Å². The molecule has 2 aromatic heterocycles. The number of amides is 1. The molecule has 0 bridgehead atoms. The van der Waals surface area contributed by atoms with Gasteiger partial charge in [0.05, 0.1) is 24.0 Å². The normalized spacial score (nSPS) is 12.3. The third kappa shape index (κ3) is 4.95. The first-order valence-corrected chi connectivity index (χ1v) is 7.47. The van der Waals surface area contributed by atoms with E-state index in [0.717, 1.165) is 22.2 Å². The van der Waals surface area contributed by atoms with E-state index in [-0.39, 0.29) is 16.5 Å². The molecule has 10 heteroatoms. The van der Waals surface area contributed by atoms with E-state index in [1.54, 1.807) is 26.2 Å². The van der Waals surface area contributed by atoms with Crippen molar-refractivity contribution in [2.24, 2.45) is 0 Å². The largest absolute Gasteiger partial charge is 0.444 e. The number of nitrogens with one attached hydrogen (secondary N) is 1. The average molecular weight is 348 g/mol. The highest BCUT2D eigenvalue weighted by molar-refractivity contribution is 7.12. The first kappa shape index (κ1) is 17.3. The smallest absolute Gasteiger partial charge is 0.412 e. The highest BCUT2D eigenvalue weighted by atomic mass is 32.1. The Morgan fingerprint density at radius 2 is 2.09 bits per heavy atom. The van der Waals surface area contributed by atoms with E-state index in [1.165, 1.54) is 6.20 Å². The standard InChI is InChI=1S/C13H15F3N4O2S/c1-12(2,3)22-11(21)19-8-7-18-20(10-17-4-5-23-10)9(8)6-13(14,15)16/h4-5,7H,6H2,1-3H3,(H,19,21). The van der Waals surface area contributed by atoms with E-state index in [0.29, 0.717) is 0 Å². The lowest BCUT2D eigenvalue weighted by atomic mass is 10.2. The number of rotatable bonds is 3. The molecule has 2 rings (SSSR count). The molecular weight excluding hydrogens is 333 g/mol. The summed E-state index contributed by atoms with van der Waals surface area (Å²) in [7, 11) is 0. The Balaban J connectivity index is 2.31. The minimum atomic E-state index is -4.46. The maximum Gasteiger partial charge on any atom is 0.412 e. The molecule has 2 heterocycles. The number of alkyl halides is 3. The van der Waals surface area contributed by atoms with Crippen LogP contribution < -0.4 is 5.32 Å². The van der Waals surface area contributed by atoms with Gasteiger partial charge < -0.3 is 4.74 Å². The van der Waals surface area contributed by atoms with Crippen LogP contribution in [0.25, 0.3) is 5.13 Å². The number of carbonyl (C=O) groups excluding carboxylic acids is 1. The number of carbonyl (C=O) groups is 1. The zero-order valence-corrected chi connectivity index (χ0v) is 13.5. The molecule has 0 aliphatic rings. The molecule has 0 aromatic carbocycles.